The first-order chi connectivity index (χ1) is 12.4. The maximum Gasteiger partial charge on any atom is 0.0706 e. The van der Waals surface area contributed by atoms with E-state index in [9.17, 15) is 0 Å². The van der Waals surface area contributed by atoms with Crippen molar-refractivity contribution in [1.29, 1.82) is 0 Å². The van der Waals surface area contributed by atoms with E-state index in [1.807, 2.05) is 60.7 Å². The van der Waals surface area contributed by atoms with Crippen LogP contribution in [0.15, 0.2) is 85.5 Å². The minimum Gasteiger partial charge on any atom is -0.265 e. The monoisotopic (exact) mass is 324 g/mol. The number of hydrogen-bond donors (Lipinski definition) is 0. The second-order valence-electron chi connectivity index (χ2n) is 5.68. The highest BCUT2D eigenvalue weighted by Crippen LogP contribution is 2.19. The first kappa shape index (κ1) is 15.1. The van der Waals surface area contributed by atoms with E-state index in [1.54, 1.807) is 24.8 Å². The van der Waals surface area contributed by atoms with E-state index in [2.05, 4.69) is 9.97 Å². The van der Waals surface area contributed by atoms with Crippen molar-refractivity contribution in [3.8, 4) is 22.5 Å². The molecule has 0 aliphatic rings. The molecule has 0 aromatic carbocycles. The van der Waals surface area contributed by atoms with Gasteiger partial charge >= 0.3 is 0 Å². The average Bonchev–Trinajstić information content (AvgIpc) is 2.70. The van der Waals surface area contributed by atoms with Crippen LogP contribution in [0.4, 0.5) is 0 Å². The molecule has 0 saturated carbocycles. The first-order valence-corrected chi connectivity index (χ1v) is 8.11. The highest BCUT2D eigenvalue weighted by atomic mass is 14.8. The summed E-state index contributed by atoms with van der Waals surface area (Å²) >= 11 is 0. The Morgan fingerprint density at radius 2 is 0.960 bits per heavy atom. The van der Waals surface area contributed by atoms with Crippen molar-refractivity contribution in [3.63, 3.8) is 0 Å². The molecule has 0 N–H and O–H groups in total. The quantitative estimate of drug-likeness (QED) is 0.565. The van der Waals surface area contributed by atoms with Crippen LogP contribution < -0.4 is 0 Å². The summed E-state index contributed by atoms with van der Waals surface area (Å²) in [7, 11) is 0. The molecule has 0 unspecified atom stereocenters. The fourth-order valence-corrected chi connectivity index (χ4v) is 2.71. The predicted octanol–water partition coefficient (Wildman–Crippen LogP) is 4.19. The highest BCUT2D eigenvalue weighted by molar-refractivity contribution is 5.59. The summed E-state index contributed by atoms with van der Waals surface area (Å²) in [5, 5.41) is 0. The number of nitrogens with zero attached hydrogens (tertiary/aromatic N) is 4. The molecule has 0 amide bonds. The van der Waals surface area contributed by atoms with Crippen molar-refractivity contribution in [2.45, 2.75) is 6.42 Å². The zero-order chi connectivity index (χ0) is 16.9. The molecule has 0 aliphatic carbocycles. The summed E-state index contributed by atoms with van der Waals surface area (Å²) in [6, 6.07) is 20.0. The molecule has 120 valence electrons. The van der Waals surface area contributed by atoms with Gasteiger partial charge in [0.2, 0.25) is 0 Å². The summed E-state index contributed by atoms with van der Waals surface area (Å²) in [6.45, 7) is 0. The lowest BCUT2D eigenvalue weighted by Gasteiger charge is -2.06. The van der Waals surface area contributed by atoms with Crippen LogP contribution in [-0.2, 0) is 6.42 Å². The van der Waals surface area contributed by atoms with Crippen LogP contribution in [0.3, 0.4) is 0 Å². The summed E-state index contributed by atoms with van der Waals surface area (Å²) in [6.07, 6.45) is 7.82. The normalized spacial score (nSPS) is 10.6. The predicted molar refractivity (Wildman–Crippen MR) is 97.7 cm³/mol. The molecule has 4 aromatic heterocycles. The zero-order valence-corrected chi connectivity index (χ0v) is 13.6. The van der Waals surface area contributed by atoms with Gasteiger partial charge in [0.25, 0.3) is 0 Å². The van der Waals surface area contributed by atoms with Gasteiger partial charge in [0, 0.05) is 53.7 Å². The van der Waals surface area contributed by atoms with Gasteiger partial charge in [-0.3, -0.25) is 19.9 Å². The Kier molecular flexibility index (Phi) is 4.25. The molecule has 25 heavy (non-hydrogen) atoms. The van der Waals surface area contributed by atoms with E-state index >= 15 is 0 Å². The standard InChI is InChI=1S/C21H16N4/c1-3-18(24-20(5-1)16-7-11-22-12-8-16)15-19-4-2-6-21(25-19)17-9-13-23-14-10-17/h1-14H,15H2. The van der Waals surface area contributed by atoms with Gasteiger partial charge in [-0.05, 0) is 48.5 Å². The lowest BCUT2D eigenvalue weighted by molar-refractivity contribution is 1.02. The first-order valence-electron chi connectivity index (χ1n) is 8.11. The number of hydrogen-bond acceptors (Lipinski definition) is 4. The Morgan fingerprint density at radius 3 is 1.40 bits per heavy atom. The molecule has 0 radical (unpaired) electrons. The number of aromatic nitrogens is 4. The third-order valence-corrected chi connectivity index (χ3v) is 3.93. The van der Waals surface area contributed by atoms with Crippen molar-refractivity contribution in [3.05, 3.63) is 96.8 Å². The van der Waals surface area contributed by atoms with Gasteiger partial charge in [0.05, 0.1) is 11.4 Å². The molecular formula is C21H16N4. The maximum absolute atomic E-state index is 4.76. The van der Waals surface area contributed by atoms with Crippen molar-refractivity contribution in [2.24, 2.45) is 0 Å². The summed E-state index contributed by atoms with van der Waals surface area (Å²) in [5.74, 6) is 0. The van der Waals surface area contributed by atoms with Crippen LogP contribution in [0.2, 0.25) is 0 Å². The third kappa shape index (κ3) is 3.58. The van der Waals surface area contributed by atoms with E-state index in [1.165, 1.54) is 0 Å². The molecule has 4 aromatic rings. The minimum atomic E-state index is 0.692. The zero-order valence-electron chi connectivity index (χ0n) is 13.6. The number of pyridine rings is 4. The van der Waals surface area contributed by atoms with Crippen molar-refractivity contribution in [2.75, 3.05) is 0 Å². The van der Waals surface area contributed by atoms with Crippen molar-refractivity contribution < 1.29 is 0 Å². The second-order valence-corrected chi connectivity index (χ2v) is 5.68. The van der Waals surface area contributed by atoms with Crippen molar-refractivity contribution in [1.82, 2.24) is 19.9 Å². The van der Waals surface area contributed by atoms with Crippen molar-refractivity contribution >= 4 is 0 Å². The topological polar surface area (TPSA) is 51.6 Å². The van der Waals surface area contributed by atoms with Crippen LogP contribution >= 0.6 is 0 Å². The Morgan fingerprint density at radius 1 is 0.520 bits per heavy atom. The summed E-state index contributed by atoms with van der Waals surface area (Å²) in [4.78, 5) is 17.6. The van der Waals surface area contributed by atoms with Gasteiger partial charge in [0.15, 0.2) is 0 Å². The Hall–Kier alpha value is -3.40. The maximum atomic E-state index is 4.76. The van der Waals surface area contributed by atoms with E-state index in [-0.39, 0.29) is 0 Å². The molecule has 0 aliphatic heterocycles. The van der Waals surface area contributed by atoms with Crippen LogP contribution in [0.1, 0.15) is 11.4 Å². The lowest BCUT2D eigenvalue weighted by Crippen LogP contribution is -1.97. The lowest BCUT2D eigenvalue weighted by atomic mass is 10.1. The molecule has 0 atom stereocenters. The van der Waals surface area contributed by atoms with Crippen LogP contribution in [0.5, 0.6) is 0 Å². The summed E-state index contributed by atoms with van der Waals surface area (Å²) < 4.78 is 0. The molecule has 4 heteroatoms. The summed E-state index contributed by atoms with van der Waals surface area (Å²) in [5.41, 5.74) is 6.02. The largest absolute Gasteiger partial charge is 0.265 e. The Labute approximate surface area is 146 Å². The van der Waals surface area contributed by atoms with Gasteiger partial charge in [-0.15, -0.1) is 0 Å². The Bertz CT molecular complexity index is 888. The average molecular weight is 324 g/mol. The second kappa shape index (κ2) is 7.01. The van der Waals surface area contributed by atoms with Gasteiger partial charge in [-0.25, -0.2) is 0 Å². The van der Waals surface area contributed by atoms with Crippen LogP contribution in [0.25, 0.3) is 22.5 Å². The fourth-order valence-electron chi connectivity index (χ4n) is 2.71. The molecule has 4 heterocycles. The minimum absolute atomic E-state index is 0.692. The third-order valence-electron chi connectivity index (χ3n) is 3.93. The highest BCUT2D eigenvalue weighted by Gasteiger charge is 2.05. The molecule has 4 rings (SSSR count). The molecule has 4 nitrogen and oxygen atoms in total. The van der Waals surface area contributed by atoms with E-state index in [4.69, 9.17) is 9.97 Å². The molecule has 0 spiro atoms. The van der Waals surface area contributed by atoms with E-state index in [0.717, 1.165) is 33.9 Å². The molecule has 0 bridgehead atoms. The SMILES string of the molecule is c1cc(Cc2cccc(-c3ccncc3)n2)nc(-c2ccncc2)c1. The van der Waals surface area contributed by atoms with Crippen LogP contribution in [0, 0.1) is 0 Å². The van der Waals surface area contributed by atoms with Gasteiger partial charge in [0.1, 0.15) is 0 Å². The smallest absolute Gasteiger partial charge is 0.0706 e. The Balaban J connectivity index is 1.61. The fraction of sp³-hybridized carbons (Fsp3) is 0.0476. The van der Waals surface area contributed by atoms with Gasteiger partial charge in [-0.1, -0.05) is 12.1 Å². The van der Waals surface area contributed by atoms with E-state index in [0.29, 0.717) is 6.42 Å². The molecule has 0 saturated heterocycles. The van der Waals surface area contributed by atoms with E-state index < -0.39 is 0 Å². The molecule has 0 fully saturated rings. The van der Waals surface area contributed by atoms with Gasteiger partial charge < -0.3 is 0 Å². The van der Waals surface area contributed by atoms with Gasteiger partial charge in [-0.2, -0.15) is 0 Å². The number of rotatable bonds is 4. The molecular weight excluding hydrogens is 308 g/mol. The van der Waals surface area contributed by atoms with Crippen LogP contribution in [-0.4, -0.2) is 19.9 Å².